The zero-order chi connectivity index (χ0) is 16.4. The van der Waals surface area contributed by atoms with E-state index in [4.69, 9.17) is 10.5 Å². The van der Waals surface area contributed by atoms with Crippen molar-refractivity contribution < 1.29 is 4.74 Å². The number of aromatic nitrogens is 1. The highest BCUT2D eigenvalue weighted by Crippen LogP contribution is 2.45. The van der Waals surface area contributed by atoms with E-state index >= 15 is 0 Å². The highest BCUT2D eigenvalue weighted by molar-refractivity contribution is 5.67. The molecule has 0 spiro atoms. The maximum Gasteiger partial charge on any atom is 0.124 e. The van der Waals surface area contributed by atoms with E-state index in [9.17, 15) is 0 Å². The van der Waals surface area contributed by atoms with Crippen LogP contribution in [0, 0.1) is 0 Å². The maximum absolute atomic E-state index is 6.07. The van der Waals surface area contributed by atoms with E-state index in [0.29, 0.717) is 11.7 Å². The molecule has 0 radical (unpaired) electrons. The molecule has 0 saturated heterocycles. The molecular weight excluding hydrogens is 286 g/mol. The largest absolute Gasteiger partial charge is 0.489 e. The molecule has 1 aliphatic carbocycles. The summed E-state index contributed by atoms with van der Waals surface area (Å²) in [6.45, 7) is 3.00. The van der Waals surface area contributed by atoms with E-state index < -0.39 is 0 Å². The average Bonchev–Trinajstić information content (AvgIpc) is 3.30. The summed E-state index contributed by atoms with van der Waals surface area (Å²) < 4.78 is 6.07. The second-order valence-electron chi connectivity index (χ2n) is 6.66. The van der Waals surface area contributed by atoms with Gasteiger partial charge in [0.05, 0.1) is 5.69 Å². The zero-order valence-corrected chi connectivity index (χ0v) is 14.1. The van der Waals surface area contributed by atoms with Crippen LogP contribution >= 0.6 is 0 Å². The molecule has 1 aromatic heterocycles. The van der Waals surface area contributed by atoms with Crippen molar-refractivity contribution in [3.8, 4) is 17.0 Å². The third-order valence-electron chi connectivity index (χ3n) is 4.05. The number of pyridine rings is 1. The van der Waals surface area contributed by atoms with Crippen molar-refractivity contribution in [3.63, 3.8) is 0 Å². The molecule has 3 rings (SSSR count). The fourth-order valence-corrected chi connectivity index (χ4v) is 2.96. The molecule has 1 atom stereocenters. The number of nitrogen functional groups attached to an aromatic ring is 1. The minimum atomic E-state index is 0.161. The summed E-state index contributed by atoms with van der Waals surface area (Å²) in [6, 6.07) is 12.1. The van der Waals surface area contributed by atoms with E-state index in [0.717, 1.165) is 18.0 Å². The van der Waals surface area contributed by atoms with Crippen molar-refractivity contribution in [2.75, 3.05) is 26.4 Å². The van der Waals surface area contributed by atoms with Crippen molar-refractivity contribution >= 4 is 5.82 Å². The number of ether oxygens (including phenoxy) is 1. The van der Waals surface area contributed by atoms with Crippen LogP contribution in [0.5, 0.6) is 5.75 Å². The molecule has 1 aromatic carbocycles. The Morgan fingerprint density at radius 1 is 1.26 bits per heavy atom. The summed E-state index contributed by atoms with van der Waals surface area (Å²) in [6.07, 6.45) is 2.64. The van der Waals surface area contributed by atoms with E-state index in [1.54, 1.807) is 0 Å². The van der Waals surface area contributed by atoms with Gasteiger partial charge in [-0.15, -0.1) is 0 Å². The summed E-state index contributed by atoms with van der Waals surface area (Å²) in [7, 11) is 4.12. The monoisotopic (exact) mass is 311 g/mol. The fraction of sp³-hybridized carbons (Fsp3) is 0.421. The van der Waals surface area contributed by atoms with Gasteiger partial charge in [-0.3, -0.25) is 0 Å². The molecule has 4 nitrogen and oxygen atoms in total. The topological polar surface area (TPSA) is 51.4 Å². The van der Waals surface area contributed by atoms with Crippen LogP contribution in [-0.4, -0.2) is 36.6 Å². The van der Waals surface area contributed by atoms with Gasteiger partial charge in [-0.25, -0.2) is 4.98 Å². The number of rotatable bonds is 6. The molecule has 1 fully saturated rings. The quantitative estimate of drug-likeness (QED) is 0.886. The van der Waals surface area contributed by atoms with E-state index in [1.165, 1.54) is 24.0 Å². The number of nitrogens with two attached hydrogens (primary N) is 1. The predicted octanol–water partition coefficient (Wildman–Crippen LogP) is 3.54. The number of nitrogens with zero attached hydrogens (tertiary/aromatic N) is 2. The molecule has 1 unspecified atom stereocenters. The van der Waals surface area contributed by atoms with Crippen LogP contribution in [0.1, 0.15) is 31.2 Å². The van der Waals surface area contributed by atoms with Crippen LogP contribution in [0.3, 0.4) is 0 Å². The van der Waals surface area contributed by atoms with Gasteiger partial charge in [-0.2, -0.15) is 0 Å². The SMILES string of the molecule is CC(CN(C)C)Oc1ccc(-c2cccc(N)n2)c(C2CC2)c1. The molecule has 23 heavy (non-hydrogen) atoms. The third-order valence-corrected chi connectivity index (χ3v) is 4.05. The molecule has 2 N–H and O–H groups in total. The molecule has 1 aliphatic rings. The third kappa shape index (κ3) is 4.02. The molecule has 1 saturated carbocycles. The highest BCUT2D eigenvalue weighted by Gasteiger charge is 2.27. The van der Waals surface area contributed by atoms with Crippen LogP contribution in [-0.2, 0) is 0 Å². The van der Waals surface area contributed by atoms with Crippen molar-refractivity contribution in [1.29, 1.82) is 0 Å². The number of anilines is 1. The Balaban J connectivity index is 1.87. The van der Waals surface area contributed by atoms with Gasteiger partial charge < -0.3 is 15.4 Å². The molecule has 0 amide bonds. The minimum absolute atomic E-state index is 0.161. The number of benzene rings is 1. The lowest BCUT2D eigenvalue weighted by Crippen LogP contribution is -2.27. The predicted molar refractivity (Wildman–Crippen MR) is 94.7 cm³/mol. The van der Waals surface area contributed by atoms with Gasteiger partial charge in [0, 0.05) is 12.1 Å². The summed E-state index contributed by atoms with van der Waals surface area (Å²) >= 11 is 0. The lowest BCUT2D eigenvalue weighted by molar-refractivity contribution is 0.177. The van der Waals surface area contributed by atoms with Crippen LogP contribution < -0.4 is 10.5 Å². The normalized spacial score (nSPS) is 15.7. The second kappa shape index (κ2) is 6.59. The van der Waals surface area contributed by atoms with Gasteiger partial charge in [0.2, 0.25) is 0 Å². The van der Waals surface area contributed by atoms with Crippen LogP contribution in [0.2, 0.25) is 0 Å². The molecule has 2 aromatic rings. The van der Waals surface area contributed by atoms with Gasteiger partial charge in [0.1, 0.15) is 17.7 Å². The molecule has 122 valence electrons. The lowest BCUT2D eigenvalue weighted by atomic mass is 9.99. The van der Waals surface area contributed by atoms with Gasteiger partial charge in [-0.1, -0.05) is 6.07 Å². The smallest absolute Gasteiger partial charge is 0.124 e. The first-order chi connectivity index (χ1) is 11.0. The van der Waals surface area contributed by atoms with Crippen molar-refractivity contribution in [1.82, 2.24) is 9.88 Å². The maximum atomic E-state index is 6.07. The van der Waals surface area contributed by atoms with Crippen molar-refractivity contribution in [2.45, 2.75) is 31.8 Å². The van der Waals surface area contributed by atoms with Gasteiger partial charge in [0.15, 0.2) is 0 Å². The molecule has 0 aliphatic heterocycles. The van der Waals surface area contributed by atoms with Crippen LogP contribution in [0.25, 0.3) is 11.3 Å². The van der Waals surface area contributed by atoms with Crippen molar-refractivity contribution in [3.05, 3.63) is 42.0 Å². The Kier molecular flexibility index (Phi) is 4.53. The van der Waals surface area contributed by atoms with E-state index in [1.807, 2.05) is 24.3 Å². The number of hydrogen-bond donors (Lipinski definition) is 1. The van der Waals surface area contributed by atoms with Crippen LogP contribution in [0.15, 0.2) is 36.4 Å². The Morgan fingerprint density at radius 2 is 2.04 bits per heavy atom. The molecule has 0 bridgehead atoms. The lowest BCUT2D eigenvalue weighted by Gasteiger charge is -2.20. The van der Waals surface area contributed by atoms with Crippen LogP contribution in [0.4, 0.5) is 5.82 Å². The summed E-state index contributed by atoms with van der Waals surface area (Å²) in [5.74, 6) is 2.12. The summed E-state index contributed by atoms with van der Waals surface area (Å²) in [4.78, 5) is 6.61. The highest BCUT2D eigenvalue weighted by atomic mass is 16.5. The van der Waals surface area contributed by atoms with Crippen molar-refractivity contribution in [2.24, 2.45) is 0 Å². The van der Waals surface area contributed by atoms with Gasteiger partial charge >= 0.3 is 0 Å². The second-order valence-corrected chi connectivity index (χ2v) is 6.66. The first kappa shape index (κ1) is 15.8. The molecule has 1 heterocycles. The molecular formula is C19H25N3O. The number of likely N-dealkylation sites (N-methyl/N-ethyl adjacent to an activating group) is 1. The van der Waals surface area contributed by atoms with E-state index in [-0.39, 0.29) is 6.10 Å². The number of hydrogen-bond acceptors (Lipinski definition) is 4. The average molecular weight is 311 g/mol. The van der Waals surface area contributed by atoms with E-state index in [2.05, 4.69) is 43.0 Å². The Morgan fingerprint density at radius 3 is 2.70 bits per heavy atom. The Labute approximate surface area is 138 Å². The Bertz CT molecular complexity index is 680. The fourth-order valence-electron chi connectivity index (χ4n) is 2.96. The summed E-state index contributed by atoms with van der Waals surface area (Å²) in [5.41, 5.74) is 9.29. The zero-order valence-electron chi connectivity index (χ0n) is 14.1. The Hall–Kier alpha value is -2.07. The first-order valence-electron chi connectivity index (χ1n) is 8.21. The standard InChI is InChI=1S/C19H25N3O/c1-13(12-22(2)3)23-15-9-10-16(17(11-15)14-7-8-14)18-5-4-6-19(20)21-18/h4-6,9-11,13-14H,7-8,12H2,1-3H3,(H2,20,21). The summed E-state index contributed by atoms with van der Waals surface area (Å²) in [5, 5.41) is 0. The minimum Gasteiger partial charge on any atom is -0.489 e. The van der Waals surface area contributed by atoms with Gasteiger partial charge in [0.25, 0.3) is 0 Å². The molecule has 4 heteroatoms. The first-order valence-corrected chi connectivity index (χ1v) is 8.21. The van der Waals surface area contributed by atoms with Gasteiger partial charge in [-0.05, 0) is 75.7 Å².